The maximum Gasteiger partial charge on any atom is 0.417 e. The van der Waals surface area contributed by atoms with E-state index in [1.165, 1.54) is 37.5 Å². The lowest BCUT2D eigenvalue weighted by Crippen LogP contribution is -2.11. The molecule has 3 nitrogen and oxygen atoms in total. The van der Waals surface area contributed by atoms with Gasteiger partial charge in [-0.3, -0.25) is 4.79 Å². The molecule has 1 N–H and O–H groups in total. The van der Waals surface area contributed by atoms with Crippen LogP contribution in [0.25, 0.3) is 6.08 Å². The molecule has 0 bridgehead atoms. The Balaban J connectivity index is 2.28. The molecule has 2 aromatic carbocycles. The van der Waals surface area contributed by atoms with E-state index in [1.807, 2.05) is 0 Å². The van der Waals surface area contributed by atoms with Crippen LogP contribution in [0.5, 0.6) is 11.5 Å². The molecule has 0 saturated heterocycles. The van der Waals surface area contributed by atoms with Crippen LogP contribution in [0, 0.1) is 0 Å². The zero-order valence-electron chi connectivity index (χ0n) is 12.1. The highest BCUT2D eigenvalue weighted by Crippen LogP contribution is 2.32. The van der Waals surface area contributed by atoms with E-state index >= 15 is 0 Å². The molecule has 0 radical (unpaired) electrons. The lowest BCUT2D eigenvalue weighted by atomic mass is 10.0. The van der Waals surface area contributed by atoms with Crippen molar-refractivity contribution in [1.82, 2.24) is 0 Å². The highest BCUT2D eigenvalue weighted by Gasteiger charge is 2.34. The summed E-state index contributed by atoms with van der Waals surface area (Å²) in [5.41, 5.74) is -0.942. The number of ether oxygens (including phenoxy) is 1. The van der Waals surface area contributed by atoms with Crippen molar-refractivity contribution in [3.8, 4) is 11.5 Å². The minimum absolute atomic E-state index is 0.127. The van der Waals surface area contributed by atoms with Crippen molar-refractivity contribution in [3.05, 3.63) is 65.2 Å². The predicted molar refractivity (Wildman–Crippen MR) is 79.5 cm³/mol. The third-order valence-electron chi connectivity index (χ3n) is 3.13. The van der Waals surface area contributed by atoms with Crippen molar-refractivity contribution in [2.24, 2.45) is 0 Å². The molecule has 6 heteroatoms. The third-order valence-corrected chi connectivity index (χ3v) is 3.13. The maximum atomic E-state index is 12.9. The molecule has 0 heterocycles. The zero-order chi connectivity index (χ0) is 17.0. The summed E-state index contributed by atoms with van der Waals surface area (Å²) in [7, 11) is 1.39. The summed E-state index contributed by atoms with van der Waals surface area (Å²) in [6, 6.07) is 8.99. The molecule has 120 valence electrons. The van der Waals surface area contributed by atoms with Gasteiger partial charge >= 0.3 is 6.18 Å². The number of aromatic hydroxyl groups is 1. The molecule has 0 spiro atoms. The van der Waals surface area contributed by atoms with Gasteiger partial charge in [-0.05, 0) is 29.8 Å². The number of carbonyl (C=O) groups is 1. The molecule has 23 heavy (non-hydrogen) atoms. The van der Waals surface area contributed by atoms with Crippen LogP contribution in [0.15, 0.2) is 48.5 Å². The number of phenols is 1. The molecule has 0 saturated carbocycles. The number of hydrogen-bond acceptors (Lipinski definition) is 3. The quantitative estimate of drug-likeness (QED) is 0.674. The lowest BCUT2D eigenvalue weighted by molar-refractivity contribution is -0.137. The van der Waals surface area contributed by atoms with Crippen molar-refractivity contribution in [2.75, 3.05) is 7.11 Å². The Kier molecular flexibility index (Phi) is 4.74. The number of rotatable bonds is 4. The Morgan fingerprint density at radius 3 is 2.48 bits per heavy atom. The van der Waals surface area contributed by atoms with Crippen LogP contribution in [0.2, 0.25) is 0 Å². The fraction of sp³-hybridized carbons (Fsp3) is 0.118. The average molecular weight is 322 g/mol. The van der Waals surface area contributed by atoms with Crippen LogP contribution < -0.4 is 4.74 Å². The monoisotopic (exact) mass is 322 g/mol. The normalized spacial score (nSPS) is 11.7. The van der Waals surface area contributed by atoms with E-state index in [2.05, 4.69) is 0 Å². The molecular weight excluding hydrogens is 309 g/mol. The van der Waals surface area contributed by atoms with Gasteiger partial charge in [0, 0.05) is 5.56 Å². The van der Waals surface area contributed by atoms with Gasteiger partial charge in [-0.2, -0.15) is 13.2 Å². The molecule has 0 atom stereocenters. The molecule has 0 aliphatic heterocycles. The van der Waals surface area contributed by atoms with Gasteiger partial charge in [-0.15, -0.1) is 0 Å². The fourth-order valence-corrected chi connectivity index (χ4v) is 2.02. The molecule has 0 unspecified atom stereocenters. The summed E-state index contributed by atoms with van der Waals surface area (Å²) in [5, 5.41) is 9.63. The standard InChI is InChI=1S/C17H13F3O3/c1-23-16-9-7-11(10-15(16)22)6-8-14(21)12-4-2-3-5-13(12)17(18,19)20/h2-10,22H,1H3. The fourth-order valence-electron chi connectivity index (χ4n) is 2.02. The summed E-state index contributed by atoms with van der Waals surface area (Å²) in [6.07, 6.45) is -2.24. The van der Waals surface area contributed by atoms with E-state index in [0.29, 0.717) is 5.56 Å². The summed E-state index contributed by atoms with van der Waals surface area (Å²) in [6.45, 7) is 0. The van der Waals surface area contributed by atoms with Crippen LogP contribution in [-0.4, -0.2) is 18.0 Å². The van der Waals surface area contributed by atoms with Gasteiger partial charge in [0.15, 0.2) is 17.3 Å². The molecule has 2 aromatic rings. The summed E-state index contributed by atoms with van der Waals surface area (Å²) < 4.78 is 43.5. The van der Waals surface area contributed by atoms with Gasteiger partial charge in [0.1, 0.15) is 0 Å². The second kappa shape index (κ2) is 6.56. The van der Waals surface area contributed by atoms with Crippen molar-refractivity contribution in [1.29, 1.82) is 0 Å². The van der Waals surface area contributed by atoms with Crippen LogP contribution in [0.1, 0.15) is 21.5 Å². The van der Waals surface area contributed by atoms with Crippen LogP contribution in [0.3, 0.4) is 0 Å². The Morgan fingerprint density at radius 2 is 1.87 bits per heavy atom. The number of allylic oxidation sites excluding steroid dienone is 1. The van der Waals surface area contributed by atoms with Gasteiger partial charge < -0.3 is 9.84 Å². The number of ketones is 1. The van der Waals surface area contributed by atoms with E-state index in [9.17, 15) is 23.1 Å². The number of hydrogen-bond donors (Lipinski definition) is 1. The predicted octanol–water partition coefficient (Wildman–Crippen LogP) is 4.32. The Labute approximate surface area is 130 Å². The number of alkyl halides is 3. The largest absolute Gasteiger partial charge is 0.504 e. The van der Waals surface area contributed by atoms with E-state index in [0.717, 1.165) is 18.2 Å². The summed E-state index contributed by atoms with van der Waals surface area (Å²) >= 11 is 0. The number of halogens is 3. The number of methoxy groups -OCH3 is 1. The molecular formula is C17H13F3O3. The number of phenolic OH excluding ortho intramolecular Hbond substituents is 1. The number of benzene rings is 2. The minimum Gasteiger partial charge on any atom is -0.504 e. The van der Waals surface area contributed by atoms with Crippen molar-refractivity contribution in [2.45, 2.75) is 6.18 Å². The summed E-state index contributed by atoms with van der Waals surface area (Å²) in [4.78, 5) is 12.0. The number of carbonyl (C=O) groups excluding carboxylic acids is 1. The highest BCUT2D eigenvalue weighted by molar-refractivity contribution is 6.07. The first-order chi connectivity index (χ1) is 10.8. The first-order valence-electron chi connectivity index (χ1n) is 6.58. The van der Waals surface area contributed by atoms with Crippen molar-refractivity contribution < 1.29 is 27.8 Å². The van der Waals surface area contributed by atoms with Crippen LogP contribution in [0.4, 0.5) is 13.2 Å². The van der Waals surface area contributed by atoms with Crippen LogP contribution >= 0.6 is 0 Å². The third kappa shape index (κ3) is 3.91. The van der Waals surface area contributed by atoms with E-state index in [4.69, 9.17) is 4.74 Å². The van der Waals surface area contributed by atoms with Crippen LogP contribution in [-0.2, 0) is 6.18 Å². The minimum atomic E-state index is -4.60. The molecule has 2 rings (SSSR count). The molecule has 0 fully saturated rings. The van der Waals surface area contributed by atoms with Gasteiger partial charge in [0.2, 0.25) is 0 Å². The molecule has 0 aliphatic carbocycles. The topological polar surface area (TPSA) is 46.5 Å². The van der Waals surface area contributed by atoms with Crippen molar-refractivity contribution >= 4 is 11.9 Å². The summed E-state index contributed by atoms with van der Waals surface area (Å²) in [5.74, 6) is -0.637. The Morgan fingerprint density at radius 1 is 1.17 bits per heavy atom. The Hall–Kier alpha value is -2.76. The van der Waals surface area contributed by atoms with Gasteiger partial charge in [-0.1, -0.05) is 30.3 Å². The van der Waals surface area contributed by atoms with Gasteiger partial charge in [0.25, 0.3) is 0 Å². The second-order valence-electron chi connectivity index (χ2n) is 4.67. The molecule has 0 aromatic heterocycles. The molecule has 0 aliphatic rings. The van der Waals surface area contributed by atoms with E-state index in [-0.39, 0.29) is 11.5 Å². The SMILES string of the molecule is COc1ccc(C=CC(=O)c2ccccc2C(F)(F)F)cc1O. The van der Waals surface area contributed by atoms with Gasteiger partial charge in [-0.25, -0.2) is 0 Å². The zero-order valence-corrected chi connectivity index (χ0v) is 12.1. The first kappa shape index (κ1) is 16.6. The Bertz CT molecular complexity index is 749. The van der Waals surface area contributed by atoms with E-state index in [1.54, 1.807) is 6.07 Å². The van der Waals surface area contributed by atoms with E-state index < -0.39 is 23.1 Å². The first-order valence-corrected chi connectivity index (χ1v) is 6.58. The highest BCUT2D eigenvalue weighted by atomic mass is 19.4. The molecule has 0 amide bonds. The second-order valence-corrected chi connectivity index (χ2v) is 4.67. The average Bonchev–Trinajstić information content (AvgIpc) is 2.52. The lowest BCUT2D eigenvalue weighted by Gasteiger charge is -2.10. The van der Waals surface area contributed by atoms with Crippen molar-refractivity contribution in [3.63, 3.8) is 0 Å². The van der Waals surface area contributed by atoms with Gasteiger partial charge in [0.05, 0.1) is 12.7 Å². The smallest absolute Gasteiger partial charge is 0.417 e. The maximum absolute atomic E-state index is 12.9.